The monoisotopic (exact) mass is 229 g/mol. The first-order valence-corrected chi connectivity index (χ1v) is 6.09. The quantitative estimate of drug-likeness (QED) is 0.841. The van der Waals surface area contributed by atoms with E-state index in [-0.39, 0.29) is 0 Å². The van der Waals surface area contributed by atoms with Gasteiger partial charge in [-0.05, 0) is 25.3 Å². The summed E-state index contributed by atoms with van der Waals surface area (Å²) in [4.78, 5) is 2.37. The zero-order valence-electron chi connectivity index (χ0n) is 10.3. The molecular formula is C14H19N3. The van der Waals surface area contributed by atoms with E-state index in [4.69, 9.17) is 11.0 Å². The second-order valence-corrected chi connectivity index (χ2v) is 5.03. The molecule has 0 radical (unpaired) electrons. The van der Waals surface area contributed by atoms with Gasteiger partial charge in [-0.3, -0.25) is 4.90 Å². The van der Waals surface area contributed by atoms with Crippen LogP contribution in [0.25, 0.3) is 0 Å². The lowest BCUT2D eigenvalue weighted by Gasteiger charge is -2.34. The van der Waals surface area contributed by atoms with Crippen molar-refractivity contribution in [3.63, 3.8) is 0 Å². The Kier molecular flexibility index (Phi) is 3.46. The SMILES string of the molecule is Cc1ccc(CN2CCC(N)(C#N)CC2)cc1. The molecule has 0 aromatic heterocycles. The minimum atomic E-state index is -0.593. The summed E-state index contributed by atoms with van der Waals surface area (Å²) in [7, 11) is 0. The Labute approximate surface area is 103 Å². The molecule has 3 nitrogen and oxygen atoms in total. The molecule has 1 aliphatic heterocycles. The second kappa shape index (κ2) is 4.87. The number of hydrogen-bond acceptors (Lipinski definition) is 3. The number of rotatable bonds is 2. The second-order valence-electron chi connectivity index (χ2n) is 5.03. The third kappa shape index (κ3) is 3.06. The van der Waals surface area contributed by atoms with Gasteiger partial charge < -0.3 is 5.73 Å². The highest BCUT2D eigenvalue weighted by Crippen LogP contribution is 2.20. The Morgan fingerprint density at radius 3 is 2.41 bits per heavy atom. The normalized spacial score (nSPS) is 19.8. The number of hydrogen-bond donors (Lipinski definition) is 1. The van der Waals surface area contributed by atoms with Gasteiger partial charge in [0.05, 0.1) is 6.07 Å². The third-order valence-electron chi connectivity index (χ3n) is 3.50. The topological polar surface area (TPSA) is 53.0 Å². The van der Waals surface area contributed by atoms with Gasteiger partial charge in [-0.25, -0.2) is 0 Å². The molecular weight excluding hydrogens is 210 g/mol. The molecule has 1 aliphatic rings. The summed E-state index contributed by atoms with van der Waals surface area (Å²) in [5.41, 5.74) is 7.97. The van der Waals surface area contributed by atoms with Crippen molar-refractivity contribution in [1.82, 2.24) is 4.90 Å². The van der Waals surface area contributed by atoms with Crippen molar-refractivity contribution >= 4 is 0 Å². The summed E-state index contributed by atoms with van der Waals surface area (Å²) in [6.07, 6.45) is 1.55. The molecule has 3 heteroatoms. The molecule has 17 heavy (non-hydrogen) atoms. The summed E-state index contributed by atoms with van der Waals surface area (Å²) in [5, 5.41) is 8.96. The molecule has 1 heterocycles. The molecule has 1 aromatic carbocycles. The molecule has 2 N–H and O–H groups in total. The van der Waals surface area contributed by atoms with Gasteiger partial charge in [-0.1, -0.05) is 29.8 Å². The molecule has 1 fully saturated rings. The van der Waals surface area contributed by atoms with Crippen LogP contribution in [0.2, 0.25) is 0 Å². The smallest absolute Gasteiger partial charge is 0.106 e. The Balaban J connectivity index is 1.90. The average molecular weight is 229 g/mol. The van der Waals surface area contributed by atoms with Crippen LogP contribution in [-0.4, -0.2) is 23.5 Å². The number of aryl methyl sites for hydroxylation is 1. The van der Waals surface area contributed by atoms with E-state index in [0.717, 1.165) is 32.5 Å². The van der Waals surface area contributed by atoms with Crippen LogP contribution in [0.3, 0.4) is 0 Å². The highest BCUT2D eigenvalue weighted by molar-refractivity contribution is 5.21. The van der Waals surface area contributed by atoms with Gasteiger partial charge in [-0.2, -0.15) is 5.26 Å². The van der Waals surface area contributed by atoms with Crippen molar-refractivity contribution in [3.8, 4) is 6.07 Å². The van der Waals surface area contributed by atoms with Crippen molar-refractivity contribution in [2.75, 3.05) is 13.1 Å². The van der Waals surface area contributed by atoms with Gasteiger partial charge >= 0.3 is 0 Å². The van der Waals surface area contributed by atoms with E-state index in [1.54, 1.807) is 0 Å². The molecule has 0 unspecified atom stereocenters. The fourth-order valence-corrected chi connectivity index (χ4v) is 2.17. The molecule has 0 saturated carbocycles. The zero-order chi connectivity index (χ0) is 12.3. The predicted molar refractivity (Wildman–Crippen MR) is 68.2 cm³/mol. The highest BCUT2D eigenvalue weighted by Gasteiger charge is 2.30. The van der Waals surface area contributed by atoms with E-state index >= 15 is 0 Å². The van der Waals surface area contributed by atoms with Gasteiger partial charge in [0.1, 0.15) is 5.54 Å². The third-order valence-corrected chi connectivity index (χ3v) is 3.50. The molecule has 90 valence electrons. The van der Waals surface area contributed by atoms with E-state index < -0.39 is 5.54 Å². The van der Waals surface area contributed by atoms with Gasteiger partial charge in [-0.15, -0.1) is 0 Å². The fourth-order valence-electron chi connectivity index (χ4n) is 2.17. The Bertz CT molecular complexity index is 408. The minimum Gasteiger partial charge on any atom is -0.313 e. The summed E-state index contributed by atoms with van der Waals surface area (Å²) in [5.74, 6) is 0. The fraction of sp³-hybridized carbons (Fsp3) is 0.500. The first-order valence-electron chi connectivity index (χ1n) is 6.09. The van der Waals surface area contributed by atoms with Crippen molar-refractivity contribution < 1.29 is 0 Å². The van der Waals surface area contributed by atoms with Crippen LogP contribution < -0.4 is 5.73 Å². The molecule has 0 atom stereocenters. The molecule has 2 rings (SSSR count). The minimum absolute atomic E-state index is 0.593. The van der Waals surface area contributed by atoms with E-state index in [9.17, 15) is 0 Å². The zero-order valence-corrected chi connectivity index (χ0v) is 10.3. The lowest BCUT2D eigenvalue weighted by atomic mass is 9.90. The van der Waals surface area contributed by atoms with Crippen LogP contribution in [0.1, 0.15) is 24.0 Å². The first kappa shape index (κ1) is 12.1. The van der Waals surface area contributed by atoms with Gasteiger partial charge in [0, 0.05) is 19.6 Å². The Morgan fingerprint density at radius 1 is 1.29 bits per heavy atom. The number of nitrogens with two attached hydrogens (primary N) is 1. The Morgan fingerprint density at radius 2 is 1.88 bits per heavy atom. The summed E-state index contributed by atoms with van der Waals surface area (Å²) < 4.78 is 0. The number of likely N-dealkylation sites (tertiary alicyclic amines) is 1. The van der Waals surface area contributed by atoms with Gasteiger partial charge in [0.15, 0.2) is 0 Å². The van der Waals surface area contributed by atoms with E-state index in [1.807, 2.05) is 0 Å². The Hall–Kier alpha value is -1.37. The molecule has 0 amide bonds. The molecule has 0 spiro atoms. The summed E-state index contributed by atoms with van der Waals surface area (Å²) in [6.45, 7) is 4.89. The van der Waals surface area contributed by atoms with E-state index in [1.165, 1.54) is 11.1 Å². The van der Waals surface area contributed by atoms with Crippen LogP contribution in [0.4, 0.5) is 0 Å². The maximum absolute atomic E-state index is 8.96. The molecule has 1 saturated heterocycles. The van der Waals surface area contributed by atoms with Crippen LogP contribution in [0.15, 0.2) is 24.3 Å². The number of nitrogens with zero attached hydrogens (tertiary/aromatic N) is 2. The van der Waals surface area contributed by atoms with E-state index in [2.05, 4.69) is 42.2 Å². The maximum Gasteiger partial charge on any atom is 0.106 e. The van der Waals surface area contributed by atoms with Gasteiger partial charge in [0.25, 0.3) is 0 Å². The molecule has 1 aromatic rings. The largest absolute Gasteiger partial charge is 0.313 e. The number of nitriles is 1. The maximum atomic E-state index is 8.96. The lowest BCUT2D eigenvalue weighted by molar-refractivity contribution is 0.181. The van der Waals surface area contributed by atoms with Crippen molar-refractivity contribution in [2.45, 2.75) is 31.8 Å². The van der Waals surface area contributed by atoms with Crippen LogP contribution >= 0.6 is 0 Å². The van der Waals surface area contributed by atoms with E-state index in [0.29, 0.717) is 0 Å². The first-order chi connectivity index (χ1) is 8.11. The number of benzene rings is 1. The van der Waals surface area contributed by atoms with Crippen molar-refractivity contribution in [3.05, 3.63) is 35.4 Å². The van der Waals surface area contributed by atoms with Crippen molar-refractivity contribution in [2.24, 2.45) is 5.73 Å². The van der Waals surface area contributed by atoms with Crippen LogP contribution in [0.5, 0.6) is 0 Å². The average Bonchev–Trinajstić information content (AvgIpc) is 2.35. The van der Waals surface area contributed by atoms with Crippen molar-refractivity contribution in [1.29, 1.82) is 5.26 Å². The highest BCUT2D eigenvalue weighted by atomic mass is 15.1. The molecule has 0 bridgehead atoms. The van der Waals surface area contributed by atoms with Crippen LogP contribution in [0, 0.1) is 18.3 Å². The standard InChI is InChI=1S/C14H19N3/c1-12-2-4-13(5-3-12)10-17-8-6-14(16,11-15)7-9-17/h2-5H,6-10,16H2,1H3. The lowest BCUT2D eigenvalue weighted by Crippen LogP contribution is -2.49. The van der Waals surface area contributed by atoms with Crippen LogP contribution in [-0.2, 0) is 6.54 Å². The molecule has 0 aliphatic carbocycles. The summed E-state index contributed by atoms with van der Waals surface area (Å²) >= 11 is 0. The predicted octanol–water partition coefficient (Wildman–Crippen LogP) is 1.81. The van der Waals surface area contributed by atoms with Gasteiger partial charge in [0.2, 0.25) is 0 Å². The number of piperidine rings is 1. The summed E-state index contributed by atoms with van der Waals surface area (Å²) in [6, 6.07) is 10.8.